The number of fused-ring (bicyclic) bond motifs is 1. The molecular weight excluding hydrogens is 306 g/mol. The molecule has 24 heavy (non-hydrogen) atoms. The van der Waals surface area contributed by atoms with Gasteiger partial charge < -0.3 is 9.64 Å². The monoisotopic (exact) mass is 327 g/mol. The summed E-state index contributed by atoms with van der Waals surface area (Å²) in [4.78, 5) is 20.3. The lowest BCUT2D eigenvalue weighted by atomic mass is 10.2. The number of esters is 1. The Morgan fingerprint density at radius 2 is 2.12 bits per heavy atom. The molecule has 1 saturated heterocycles. The van der Waals surface area contributed by atoms with Crippen LogP contribution in [0.25, 0.3) is 0 Å². The molecule has 3 heterocycles. The van der Waals surface area contributed by atoms with Crippen molar-refractivity contribution in [1.82, 2.24) is 20.0 Å². The van der Waals surface area contributed by atoms with Gasteiger partial charge in [-0.05, 0) is 43.7 Å². The largest absolute Gasteiger partial charge is 0.461 e. The van der Waals surface area contributed by atoms with E-state index < -0.39 is 5.97 Å². The van der Waals surface area contributed by atoms with Crippen molar-refractivity contribution in [3.63, 3.8) is 0 Å². The predicted molar refractivity (Wildman–Crippen MR) is 87.9 cm³/mol. The summed E-state index contributed by atoms with van der Waals surface area (Å²) < 4.78 is 4.93. The lowest BCUT2D eigenvalue weighted by molar-refractivity contribution is 0.0518. The molecule has 0 aromatic carbocycles. The lowest BCUT2D eigenvalue weighted by Crippen LogP contribution is -2.23. The third-order valence-corrected chi connectivity index (χ3v) is 4.82. The van der Waals surface area contributed by atoms with Crippen molar-refractivity contribution in [1.29, 1.82) is 0 Å². The second kappa shape index (κ2) is 5.89. The average molecular weight is 327 g/mol. The first-order chi connectivity index (χ1) is 11.6. The summed E-state index contributed by atoms with van der Waals surface area (Å²) in [5, 5.41) is 8.31. The van der Waals surface area contributed by atoms with Gasteiger partial charge >= 0.3 is 5.97 Å². The standard InChI is InChI=1S/C17H21N5O2/c1-3-24-17(23)15-7-18-22(20-15)10-12-4-5-16(19-11(12)2)21-8-13-6-14(13)9-21/h4-5,7,13-14H,3,6,8-10H2,1-2H3. The van der Waals surface area contributed by atoms with Gasteiger partial charge in [0.1, 0.15) is 5.82 Å². The van der Waals surface area contributed by atoms with Crippen LogP contribution in [-0.4, -0.2) is 45.6 Å². The van der Waals surface area contributed by atoms with Crippen molar-refractivity contribution in [3.05, 3.63) is 35.3 Å². The Balaban J connectivity index is 1.45. The number of carbonyl (C=O) groups is 1. The minimum absolute atomic E-state index is 0.232. The molecule has 0 N–H and O–H groups in total. The summed E-state index contributed by atoms with van der Waals surface area (Å²) in [7, 11) is 0. The van der Waals surface area contributed by atoms with Crippen molar-refractivity contribution >= 4 is 11.8 Å². The number of piperidine rings is 1. The van der Waals surface area contributed by atoms with Crippen LogP contribution in [0.1, 0.15) is 35.1 Å². The Bertz CT molecular complexity index is 762. The highest BCUT2D eigenvalue weighted by atomic mass is 16.5. The molecule has 1 aliphatic carbocycles. The molecule has 4 rings (SSSR count). The zero-order valence-corrected chi connectivity index (χ0v) is 14.0. The minimum atomic E-state index is -0.443. The quantitative estimate of drug-likeness (QED) is 0.778. The van der Waals surface area contributed by atoms with Crippen LogP contribution < -0.4 is 4.90 Å². The predicted octanol–water partition coefficient (Wildman–Crippen LogP) is 1.66. The van der Waals surface area contributed by atoms with Crippen molar-refractivity contribution in [2.24, 2.45) is 11.8 Å². The van der Waals surface area contributed by atoms with Gasteiger partial charge in [0.05, 0.1) is 19.3 Å². The molecule has 1 aliphatic heterocycles. The summed E-state index contributed by atoms with van der Waals surface area (Å²) in [6.07, 6.45) is 2.83. The van der Waals surface area contributed by atoms with Gasteiger partial charge in [0.25, 0.3) is 0 Å². The topological polar surface area (TPSA) is 73.1 Å². The van der Waals surface area contributed by atoms with Gasteiger partial charge in [-0.15, -0.1) is 5.10 Å². The van der Waals surface area contributed by atoms with E-state index in [9.17, 15) is 4.79 Å². The second-order valence-corrected chi connectivity index (χ2v) is 6.56. The number of ether oxygens (including phenoxy) is 1. The number of hydrogen-bond acceptors (Lipinski definition) is 6. The highest BCUT2D eigenvalue weighted by Crippen LogP contribution is 2.45. The first kappa shape index (κ1) is 15.1. The van der Waals surface area contributed by atoms with E-state index in [-0.39, 0.29) is 5.69 Å². The Morgan fingerprint density at radius 3 is 2.83 bits per heavy atom. The summed E-state index contributed by atoms with van der Waals surface area (Å²) in [5.74, 6) is 2.40. The molecule has 1 saturated carbocycles. The van der Waals surface area contributed by atoms with Crippen LogP contribution in [0, 0.1) is 18.8 Å². The van der Waals surface area contributed by atoms with Crippen LogP contribution in [0.4, 0.5) is 5.82 Å². The number of nitrogens with zero attached hydrogens (tertiary/aromatic N) is 5. The molecule has 0 radical (unpaired) electrons. The van der Waals surface area contributed by atoms with E-state index in [1.165, 1.54) is 17.4 Å². The number of pyridine rings is 1. The van der Waals surface area contributed by atoms with Gasteiger partial charge in [-0.1, -0.05) is 6.07 Å². The number of hydrogen-bond donors (Lipinski definition) is 0. The molecule has 2 aliphatic rings. The molecule has 0 spiro atoms. The fraction of sp³-hybridized carbons (Fsp3) is 0.529. The SMILES string of the molecule is CCOC(=O)c1cnn(Cc2ccc(N3CC4CC4C3)nc2C)n1. The number of aryl methyl sites for hydroxylation is 1. The summed E-state index contributed by atoms with van der Waals surface area (Å²) in [5.41, 5.74) is 2.26. The first-order valence-electron chi connectivity index (χ1n) is 8.42. The van der Waals surface area contributed by atoms with Crippen LogP contribution in [-0.2, 0) is 11.3 Å². The van der Waals surface area contributed by atoms with Crippen molar-refractivity contribution in [3.8, 4) is 0 Å². The molecule has 0 bridgehead atoms. The van der Waals surface area contributed by atoms with Gasteiger partial charge in [-0.2, -0.15) is 9.90 Å². The van der Waals surface area contributed by atoms with Gasteiger partial charge in [-0.3, -0.25) is 0 Å². The molecule has 126 valence electrons. The van der Waals surface area contributed by atoms with E-state index in [2.05, 4.69) is 27.2 Å². The van der Waals surface area contributed by atoms with Crippen molar-refractivity contribution in [2.75, 3.05) is 24.6 Å². The Kier molecular flexibility index (Phi) is 3.70. The van der Waals surface area contributed by atoms with Gasteiger partial charge in [0.2, 0.25) is 0 Å². The normalized spacial score (nSPS) is 21.7. The summed E-state index contributed by atoms with van der Waals surface area (Å²) in [6.45, 7) is 6.87. The molecule has 0 amide bonds. The number of rotatable bonds is 5. The Hall–Kier alpha value is -2.44. The summed E-state index contributed by atoms with van der Waals surface area (Å²) >= 11 is 0. The minimum Gasteiger partial charge on any atom is -0.461 e. The number of aromatic nitrogens is 4. The zero-order valence-electron chi connectivity index (χ0n) is 14.0. The molecule has 2 aromatic rings. The van der Waals surface area contributed by atoms with Gasteiger partial charge in [0, 0.05) is 18.8 Å². The first-order valence-corrected chi connectivity index (χ1v) is 8.42. The Morgan fingerprint density at radius 1 is 1.33 bits per heavy atom. The fourth-order valence-corrected chi connectivity index (χ4v) is 3.33. The van der Waals surface area contributed by atoms with Crippen LogP contribution in [0.5, 0.6) is 0 Å². The Labute approximate surface area is 140 Å². The van der Waals surface area contributed by atoms with Gasteiger partial charge in [-0.25, -0.2) is 9.78 Å². The van der Waals surface area contributed by atoms with Crippen LogP contribution in [0.2, 0.25) is 0 Å². The van der Waals surface area contributed by atoms with Crippen molar-refractivity contribution < 1.29 is 9.53 Å². The van der Waals surface area contributed by atoms with Crippen molar-refractivity contribution in [2.45, 2.75) is 26.8 Å². The molecule has 7 nitrogen and oxygen atoms in total. The molecule has 2 fully saturated rings. The van der Waals surface area contributed by atoms with E-state index in [0.29, 0.717) is 13.2 Å². The highest BCUT2D eigenvalue weighted by Gasteiger charge is 2.45. The van der Waals surface area contributed by atoms with E-state index in [4.69, 9.17) is 9.72 Å². The maximum absolute atomic E-state index is 11.6. The molecule has 2 unspecified atom stereocenters. The van der Waals surface area contributed by atoms with Crippen LogP contribution in [0.3, 0.4) is 0 Å². The molecule has 7 heteroatoms. The van der Waals surface area contributed by atoms with E-state index in [1.54, 1.807) is 6.92 Å². The molecular formula is C17H21N5O2. The maximum Gasteiger partial charge on any atom is 0.360 e. The van der Waals surface area contributed by atoms with Crippen LogP contribution in [0.15, 0.2) is 18.3 Å². The molecule has 2 atom stereocenters. The number of anilines is 1. The maximum atomic E-state index is 11.6. The van der Waals surface area contributed by atoms with E-state index >= 15 is 0 Å². The molecule has 2 aromatic heterocycles. The van der Waals surface area contributed by atoms with E-state index in [1.807, 2.05) is 6.92 Å². The fourth-order valence-electron chi connectivity index (χ4n) is 3.33. The highest BCUT2D eigenvalue weighted by molar-refractivity contribution is 5.86. The lowest BCUT2D eigenvalue weighted by Gasteiger charge is -2.20. The van der Waals surface area contributed by atoms with Gasteiger partial charge in [0.15, 0.2) is 5.69 Å². The van der Waals surface area contributed by atoms with E-state index in [0.717, 1.165) is 42.0 Å². The number of carbonyl (C=O) groups excluding carboxylic acids is 1. The second-order valence-electron chi connectivity index (χ2n) is 6.56. The third kappa shape index (κ3) is 2.86. The third-order valence-electron chi connectivity index (χ3n) is 4.82. The van der Waals surface area contributed by atoms with Crippen LogP contribution >= 0.6 is 0 Å². The smallest absolute Gasteiger partial charge is 0.360 e. The average Bonchev–Trinajstić information content (AvgIpc) is 2.98. The summed E-state index contributed by atoms with van der Waals surface area (Å²) in [6, 6.07) is 4.15. The zero-order chi connectivity index (χ0) is 16.7.